The van der Waals surface area contributed by atoms with Crippen LogP contribution in [0.15, 0.2) is 6.07 Å². The number of rotatable bonds is 4. The lowest BCUT2D eigenvalue weighted by Gasteiger charge is -2.24. The van der Waals surface area contributed by atoms with Gasteiger partial charge in [-0.25, -0.2) is 9.97 Å². The maximum atomic E-state index is 12.8. The molecule has 2 heterocycles. The first kappa shape index (κ1) is 15.3. The number of halogens is 3. The Kier molecular flexibility index (Phi) is 4.49. The van der Waals surface area contributed by atoms with E-state index in [1.54, 1.807) is 6.92 Å². The predicted molar refractivity (Wildman–Crippen MR) is 70.9 cm³/mol. The molecule has 0 spiro atoms. The van der Waals surface area contributed by atoms with Gasteiger partial charge < -0.3 is 16.0 Å². The molecule has 1 fully saturated rings. The number of carbonyl (C=O) groups is 1. The van der Waals surface area contributed by atoms with Crippen LogP contribution >= 0.6 is 0 Å². The number of piperidine rings is 1. The summed E-state index contributed by atoms with van der Waals surface area (Å²) < 4.78 is 38.3. The smallest absolute Gasteiger partial charge is 0.370 e. The van der Waals surface area contributed by atoms with Gasteiger partial charge in [-0.3, -0.25) is 4.79 Å². The van der Waals surface area contributed by atoms with Crippen LogP contribution in [-0.2, 0) is 11.0 Å². The zero-order valence-electron chi connectivity index (χ0n) is 11.4. The van der Waals surface area contributed by atoms with E-state index in [1.807, 2.05) is 0 Å². The fraction of sp³-hybridized carbons (Fsp3) is 0.583. The molecular formula is C12H16F3N5O. The summed E-state index contributed by atoms with van der Waals surface area (Å²) in [7, 11) is 0. The number of nitrogens with zero attached hydrogens (tertiary/aromatic N) is 2. The maximum absolute atomic E-state index is 12.8. The molecule has 6 nitrogen and oxygen atoms in total. The van der Waals surface area contributed by atoms with E-state index in [0.29, 0.717) is 25.9 Å². The molecule has 0 bridgehead atoms. The first-order valence-corrected chi connectivity index (χ1v) is 6.62. The summed E-state index contributed by atoms with van der Waals surface area (Å²) in [5, 5.41) is 8.31. The average molecular weight is 303 g/mol. The minimum Gasteiger partial charge on any atom is -0.370 e. The van der Waals surface area contributed by atoms with Crippen molar-refractivity contribution in [3.8, 4) is 0 Å². The lowest BCUT2D eigenvalue weighted by molar-refractivity contribution is -0.144. The number of aromatic nitrogens is 2. The highest BCUT2D eigenvalue weighted by Gasteiger charge is 2.35. The number of amides is 1. The van der Waals surface area contributed by atoms with Gasteiger partial charge in [-0.05, 0) is 13.3 Å². The summed E-state index contributed by atoms with van der Waals surface area (Å²) in [5.74, 6) is -1.04. The number of hydrogen-bond donors (Lipinski definition) is 3. The maximum Gasteiger partial charge on any atom is 0.451 e. The van der Waals surface area contributed by atoms with Crippen LogP contribution in [0.5, 0.6) is 0 Å². The van der Waals surface area contributed by atoms with Crippen molar-refractivity contribution in [1.29, 1.82) is 0 Å². The van der Waals surface area contributed by atoms with Gasteiger partial charge in [0.1, 0.15) is 11.6 Å². The van der Waals surface area contributed by atoms with Gasteiger partial charge in [-0.1, -0.05) is 0 Å². The lowest BCUT2D eigenvalue weighted by atomic mass is 10.1. The van der Waals surface area contributed by atoms with Crippen LogP contribution in [0.4, 0.5) is 24.8 Å². The van der Waals surface area contributed by atoms with Crippen LogP contribution in [0.2, 0.25) is 0 Å². The standard InChI is InChI=1S/C12H16F3N5O/c1-2-16-8-5-9(20-11(19-8)12(13,14)15)18-7-3-4-10(21)17-6-7/h5,7H,2-4,6H2,1H3,(H,17,21)(H2,16,18,19,20). The molecule has 3 N–H and O–H groups in total. The Morgan fingerprint density at radius 3 is 2.67 bits per heavy atom. The second kappa shape index (κ2) is 6.15. The fourth-order valence-electron chi connectivity index (χ4n) is 1.98. The predicted octanol–water partition coefficient (Wildman–Crippen LogP) is 1.62. The molecular weight excluding hydrogens is 287 g/mol. The van der Waals surface area contributed by atoms with E-state index >= 15 is 0 Å². The monoisotopic (exact) mass is 303 g/mol. The highest BCUT2D eigenvalue weighted by molar-refractivity contribution is 5.77. The average Bonchev–Trinajstić information content (AvgIpc) is 2.41. The van der Waals surface area contributed by atoms with Crippen LogP contribution in [0.25, 0.3) is 0 Å². The van der Waals surface area contributed by atoms with Crippen molar-refractivity contribution in [2.45, 2.75) is 32.0 Å². The quantitative estimate of drug-likeness (QED) is 0.788. The zero-order chi connectivity index (χ0) is 15.5. The molecule has 1 aliphatic rings. The molecule has 1 saturated heterocycles. The van der Waals surface area contributed by atoms with Gasteiger partial charge >= 0.3 is 6.18 Å². The van der Waals surface area contributed by atoms with E-state index in [1.165, 1.54) is 6.07 Å². The molecule has 1 amide bonds. The summed E-state index contributed by atoms with van der Waals surface area (Å²) in [6.07, 6.45) is -3.72. The van der Waals surface area contributed by atoms with Crippen molar-refractivity contribution in [1.82, 2.24) is 15.3 Å². The minimum absolute atomic E-state index is 0.0555. The Labute approximate surface area is 119 Å². The first-order chi connectivity index (χ1) is 9.88. The largest absolute Gasteiger partial charge is 0.451 e. The molecule has 21 heavy (non-hydrogen) atoms. The second-order valence-corrected chi connectivity index (χ2v) is 4.67. The third kappa shape index (κ3) is 4.20. The van der Waals surface area contributed by atoms with E-state index in [0.717, 1.165) is 0 Å². The van der Waals surface area contributed by atoms with Gasteiger partial charge in [-0.2, -0.15) is 13.2 Å². The Balaban J connectivity index is 2.17. The van der Waals surface area contributed by atoms with E-state index in [9.17, 15) is 18.0 Å². The Hall–Kier alpha value is -2.06. The molecule has 1 atom stereocenters. The van der Waals surface area contributed by atoms with Gasteiger partial charge in [-0.15, -0.1) is 0 Å². The molecule has 1 aromatic rings. The third-order valence-corrected chi connectivity index (χ3v) is 2.96. The summed E-state index contributed by atoms with van der Waals surface area (Å²) in [6.45, 7) is 2.58. The number of anilines is 2. The summed E-state index contributed by atoms with van der Waals surface area (Å²) >= 11 is 0. The van der Waals surface area contributed by atoms with Gasteiger partial charge in [0.2, 0.25) is 11.7 Å². The molecule has 116 valence electrons. The topological polar surface area (TPSA) is 78.9 Å². The number of alkyl halides is 3. The van der Waals surface area contributed by atoms with Crippen molar-refractivity contribution in [2.75, 3.05) is 23.7 Å². The van der Waals surface area contributed by atoms with Gasteiger partial charge in [0.05, 0.1) is 0 Å². The van der Waals surface area contributed by atoms with Crippen LogP contribution in [0.1, 0.15) is 25.6 Å². The fourth-order valence-corrected chi connectivity index (χ4v) is 1.98. The molecule has 0 aliphatic carbocycles. The molecule has 0 saturated carbocycles. The van der Waals surface area contributed by atoms with E-state index in [2.05, 4.69) is 25.9 Å². The lowest BCUT2D eigenvalue weighted by Crippen LogP contribution is -2.42. The minimum atomic E-state index is -4.61. The zero-order valence-corrected chi connectivity index (χ0v) is 11.4. The Morgan fingerprint density at radius 1 is 1.38 bits per heavy atom. The highest BCUT2D eigenvalue weighted by Crippen LogP contribution is 2.28. The number of hydrogen-bond acceptors (Lipinski definition) is 5. The van der Waals surface area contributed by atoms with Crippen molar-refractivity contribution < 1.29 is 18.0 Å². The SMILES string of the molecule is CCNc1cc(NC2CCC(=O)NC2)nc(C(F)(F)F)n1. The summed E-state index contributed by atoms with van der Waals surface area (Å²) in [4.78, 5) is 18.0. The van der Waals surface area contributed by atoms with Crippen LogP contribution in [-0.4, -0.2) is 35.0 Å². The van der Waals surface area contributed by atoms with Crippen molar-refractivity contribution >= 4 is 17.5 Å². The van der Waals surface area contributed by atoms with Crippen molar-refractivity contribution in [2.24, 2.45) is 0 Å². The second-order valence-electron chi connectivity index (χ2n) is 4.67. The van der Waals surface area contributed by atoms with Crippen LogP contribution in [0, 0.1) is 0 Å². The highest BCUT2D eigenvalue weighted by atomic mass is 19.4. The summed E-state index contributed by atoms with van der Waals surface area (Å²) in [5.41, 5.74) is 0. The molecule has 1 unspecified atom stereocenters. The molecule has 1 aliphatic heterocycles. The Bertz CT molecular complexity index is 510. The van der Waals surface area contributed by atoms with Crippen LogP contribution < -0.4 is 16.0 Å². The van der Waals surface area contributed by atoms with Gasteiger partial charge in [0.15, 0.2) is 0 Å². The molecule has 1 aromatic heterocycles. The third-order valence-electron chi connectivity index (χ3n) is 2.96. The first-order valence-electron chi connectivity index (χ1n) is 6.62. The van der Waals surface area contributed by atoms with Gasteiger partial charge in [0.25, 0.3) is 0 Å². The van der Waals surface area contributed by atoms with Gasteiger partial charge in [0, 0.05) is 31.6 Å². The molecule has 2 rings (SSSR count). The molecule has 9 heteroatoms. The van der Waals surface area contributed by atoms with Crippen LogP contribution in [0.3, 0.4) is 0 Å². The van der Waals surface area contributed by atoms with E-state index in [-0.39, 0.29) is 23.6 Å². The molecule has 0 aromatic carbocycles. The van der Waals surface area contributed by atoms with E-state index < -0.39 is 12.0 Å². The number of carbonyl (C=O) groups excluding carboxylic acids is 1. The molecule has 0 radical (unpaired) electrons. The Morgan fingerprint density at radius 2 is 2.10 bits per heavy atom. The van der Waals surface area contributed by atoms with Crippen molar-refractivity contribution in [3.05, 3.63) is 11.9 Å². The van der Waals surface area contributed by atoms with E-state index in [4.69, 9.17) is 0 Å². The summed E-state index contributed by atoms with van der Waals surface area (Å²) in [6, 6.07) is 1.28. The number of nitrogens with one attached hydrogen (secondary N) is 3. The van der Waals surface area contributed by atoms with Crippen molar-refractivity contribution in [3.63, 3.8) is 0 Å². The normalized spacial score (nSPS) is 19.0.